The van der Waals surface area contributed by atoms with Gasteiger partial charge < -0.3 is 19.5 Å². The first kappa shape index (κ1) is 21.5. The maximum absolute atomic E-state index is 12.9. The number of carbonyl (C=O) groups excluding carboxylic acids is 2. The molecular weight excluding hydrogens is 394 g/mol. The van der Waals surface area contributed by atoms with Gasteiger partial charge in [0.05, 0.1) is 17.6 Å². The van der Waals surface area contributed by atoms with E-state index in [9.17, 15) is 9.59 Å². The maximum Gasteiger partial charge on any atom is 0.253 e. The molecule has 166 valence electrons. The highest BCUT2D eigenvalue weighted by molar-refractivity contribution is 5.95. The summed E-state index contributed by atoms with van der Waals surface area (Å²) >= 11 is 0. The zero-order chi connectivity index (χ0) is 21.6. The number of imidazole rings is 1. The van der Waals surface area contributed by atoms with Crippen molar-refractivity contribution in [2.45, 2.75) is 57.6 Å². The number of aromatic nitrogens is 3. The van der Waals surface area contributed by atoms with Crippen LogP contribution in [0.4, 0.5) is 0 Å². The summed E-state index contributed by atoms with van der Waals surface area (Å²) < 4.78 is 7.55. The van der Waals surface area contributed by atoms with E-state index in [-0.39, 0.29) is 23.8 Å². The highest BCUT2D eigenvalue weighted by atomic mass is 16.5. The standard InChI is InChI=1S/C23H31N5O3/c1-17-5-6-19(22(29)25-9-3-11-27-14-10-24-16-27)21(26-17)18-7-12-28(13-8-18)23(30)20-4-2-15-31-20/h5-6,10,14,16,18,20H,2-4,7-9,11-13,15H2,1H3,(H,25,29)/t20-/m0/s1. The van der Waals surface area contributed by atoms with Crippen LogP contribution in [-0.2, 0) is 16.1 Å². The SMILES string of the molecule is Cc1ccc(C(=O)NCCCn2ccnc2)c(C2CCN(C(=O)[C@@H]3CCCO3)CC2)n1. The number of likely N-dealkylation sites (tertiary alicyclic amines) is 1. The third-order valence-electron chi connectivity index (χ3n) is 6.14. The van der Waals surface area contributed by atoms with Gasteiger partial charge in [0, 0.05) is 56.8 Å². The lowest BCUT2D eigenvalue weighted by molar-refractivity contribution is -0.142. The number of nitrogens with one attached hydrogen (secondary N) is 1. The number of ether oxygens (including phenoxy) is 1. The quantitative estimate of drug-likeness (QED) is 0.688. The second kappa shape index (κ2) is 10.0. The summed E-state index contributed by atoms with van der Waals surface area (Å²) in [6.07, 6.45) is 9.43. The van der Waals surface area contributed by atoms with Crippen molar-refractivity contribution in [3.63, 3.8) is 0 Å². The minimum Gasteiger partial charge on any atom is -0.368 e. The van der Waals surface area contributed by atoms with Crippen molar-refractivity contribution in [3.8, 4) is 0 Å². The van der Waals surface area contributed by atoms with Crippen LogP contribution >= 0.6 is 0 Å². The lowest BCUT2D eigenvalue weighted by Gasteiger charge is -2.33. The Morgan fingerprint density at radius 3 is 2.77 bits per heavy atom. The molecule has 8 heteroatoms. The van der Waals surface area contributed by atoms with Crippen LogP contribution in [0.15, 0.2) is 30.9 Å². The summed E-state index contributed by atoms with van der Waals surface area (Å²) in [5, 5.41) is 3.03. The van der Waals surface area contributed by atoms with Crippen LogP contribution in [0.3, 0.4) is 0 Å². The number of nitrogens with zero attached hydrogens (tertiary/aromatic N) is 4. The first-order valence-electron chi connectivity index (χ1n) is 11.2. The van der Waals surface area contributed by atoms with Crippen LogP contribution in [0.1, 0.15) is 59.8 Å². The number of amides is 2. The number of aryl methyl sites for hydroxylation is 2. The summed E-state index contributed by atoms with van der Waals surface area (Å²) in [4.78, 5) is 36.2. The van der Waals surface area contributed by atoms with E-state index in [1.54, 1.807) is 12.5 Å². The van der Waals surface area contributed by atoms with Gasteiger partial charge in [-0.15, -0.1) is 0 Å². The van der Waals surface area contributed by atoms with Crippen molar-refractivity contribution < 1.29 is 14.3 Å². The molecule has 2 aliphatic rings. The molecule has 1 N–H and O–H groups in total. The Bertz CT molecular complexity index is 885. The molecule has 2 fully saturated rings. The molecule has 0 spiro atoms. The summed E-state index contributed by atoms with van der Waals surface area (Å²) in [6.45, 7) is 5.41. The third-order valence-corrected chi connectivity index (χ3v) is 6.14. The number of carbonyl (C=O) groups is 2. The fourth-order valence-electron chi connectivity index (χ4n) is 4.41. The van der Waals surface area contributed by atoms with Gasteiger partial charge in [-0.05, 0) is 51.2 Å². The summed E-state index contributed by atoms with van der Waals surface area (Å²) in [7, 11) is 0. The molecule has 2 aromatic rings. The van der Waals surface area contributed by atoms with E-state index >= 15 is 0 Å². The van der Waals surface area contributed by atoms with E-state index in [1.165, 1.54) is 0 Å². The predicted molar refractivity (Wildman–Crippen MR) is 116 cm³/mol. The molecule has 2 amide bonds. The molecule has 8 nitrogen and oxygen atoms in total. The topological polar surface area (TPSA) is 89.4 Å². The first-order valence-corrected chi connectivity index (χ1v) is 11.2. The number of hydrogen-bond donors (Lipinski definition) is 1. The monoisotopic (exact) mass is 425 g/mol. The molecule has 0 unspecified atom stereocenters. The molecule has 0 bridgehead atoms. The number of pyridine rings is 1. The van der Waals surface area contributed by atoms with Crippen molar-refractivity contribution in [2.75, 3.05) is 26.2 Å². The van der Waals surface area contributed by atoms with Gasteiger partial charge in [-0.25, -0.2) is 4.98 Å². The minimum atomic E-state index is -0.266. The van der Waals surface area contributed by atoms with E-state index in [2.05, 4.69) is 10.3 Å². The molecule has 0 saturated carbocycles. The molecule has 4 rings (SSSR count). The summed E-state index contributed by atoms with van der Waals surface area (Å²) in [5.41, 5.74) is 2.41. The van der Waals surface area contributed by atoms with Gasteiger partial charge in [0.1, 0.15) is 6.10 Å². The molecule has 2 saturated heterocycles. The molecule has 0 aliphatic carbocycles. The zero-order valence-corrected chi connectivity index (χ0v) is 18.1. The fraction of sp³-hybridized carbons (Fsp3) is 0.565. The second-order valence-corrected chi connectivity index (χ2v) is 8.40. The lowest BCUT2D eigenvalue weighted by atomic mass is 9.89. The fourth-order valence-corrected chi connectivity index (χ4v) is 4.41. The highest BCUT2D eigenvalue weighted by Crippen LogP contribution is 2.30. The van der Waals surface area contributed by atoms with E-state index in [0.29, 0.717) is 31.8 Å². The van der Waals surface area contributed by atoms with Gasteiger partial charge in [-0.1, -0.05) is 0 Å². The molecular formula is C23H31N5O3. The number of hydrogen-bond acceptors (Lipinski definition) is 5. The molecule has 31 heavy (non-hydrogen) atoms. The van der Waals surface area contributed by atoms with E-state index in [1.807, 2.05) is 34.7 Å². The molecule has 0 radical (unpaired) electrons. The predicted octanol–water partition coefficient (Wildman–Crippen LogP) is 2.29. The van der Waals surface area contributed by atoms with E-state index in [4.69, 9.17) is 9.72 Å². The highest BCUT2D eigenvalue weighted by Gasteiger charge is 2.32. The average Bonchev–Trinajstić information content (AvgIpc) is 3.50. The van der Waals surface area contributed by atoms with E-state index < -0.39 is 0 Å². The van der Waals surface area contributed by atoms with Crippen LogP contribution < -0.4 is 5.32 Å². The largest absolute Gasteiger partial charge is 0.368 e. The van der Waals surface area contributed by atoms with Gasteiger partial charge >= 0.3 is 0 Å². The van der Waals surface area contributed by atoms with Crippen molar-refractivity contribution in [2.24, 2.45) is 0 Å². The number of piperidine rings is 1. The van der Waals surface area contributed by atoms with Crippen LogP contribution in [0.2, 0.25) is 0 Å². The Hall–Kier alpha value is -2.74. The average molecular weight is 426 g/mol. The normalized spacial score (nSPS) is 19.5. The smallest absolute Gasteiger partial charge is 0.253 e. The zero-order valence-electron chi connectivity index (χ0n) is 18.1. The van der Waals surface area contributed by atoms with Gasteiger partial charge in [-0.2, -0.15) is 0 Å². The number of rotatable bonds is 7. The van der Waals surface area contributed by atoms with Crippen molar-refractivity contribution in [1.29, 1.82) is 0 Å². The minimum absolute atomic E-state index is 0.0778. The molecule has 2 aliphatic heterocycles. The van der Waals surface area contributed by atoms with Gasteiger partial charge in [-0.3, -0.25) is 14.6 Å². The molecule has 4 heterocycles. The van der Waals surface area contributed by atoms with Crippen LogP contribution in [-0.4, -0.2) is 63.6 Å². The molecule has 1 atom stereocenters. The van der Waals surface area contributed by atoms with Crippen molar-refractivity contribution in [1.82, 2.24) is 24.8 Å². The maximum atomic E-state index is 12.9. The van der Waals surface area contributed by atoms with E-state index in [0.717, 1.165) is 50.0 Å². The van der Waals surface area contributed by atoms with Gasteiger partial charge in [0.25, 0.3) is 11.8 Å². The second-order valence-electron chi connectivity index (χ2n) is 8.40. The Morgan fingerprint density at radius 1 is 1.23 bits per heavy atom. The van der Waals surface area contributed by atoms with Gasteiger partial charge in [0.2, 0.25) is 0 Å². The Balaban J connectivity index is 1.34. The Kier molecular flexibility index (Phi) is 6.96. The van der Waals surface area contributed by atoms with Crippen molar-refractivity contribution in [3.05, 3.63) is 47.8 Å². The van der Waals surface area contributed by atoms with Crippen LogP contribution in [0.5, 0.6) is 0 Å². The Labute approximate surface area is 183 Å². The lowest BCUT2D eigenvalue weighted by Crippen LogP contribution is -2.43. The summed E-state index contributed by atoms with van der Waals surface area (Å²) in [5.74, 6) is 0.218. The van der Waals surface area contributed by atoms with Crippen LogP contribution in [0.25, 0.3) is 0 Å². The third kappa shape index (κ3) is 5.31. The summed E-state index contributed by atoms with van der Waals surface area (Å²) in [6, 6.07) is 3.77. The first-order chi connectivity index (χ1) is 15.1. The molecule has 2 aromatic heterocycles. The van der Waals surface area contributed by atoms with Gasteiger partial charge in [0.15, 0.2) is 0 Å². The van der Waals surface area contributed by atoms with Crippen molar-refractivity contribution >= 4 is 11.8 Å². The van der Waals surface area contributed by atoms with Crippen LogP contribution in [0, 0.1) is 6.92 Å². The molecule has 0 aromatic carbocycles. The Morgan fingerprint density at radius 2 is 2.06 bits per heavy atom.